The molecule has 1 aromatic heterocycles. The van der Waals surface area contributed by atoms with Crippen molar-refractivity contribution in [3.05, 3.63) is 176 Å². The van der Waals surface area contributed by atoms with E-state index in [4.69, 9.17) is 4.98 Å². The second-order valence-electron chi connectivity index (χ2n) is 15.7. The van der Waals surface area contributed by atoms with E-state index < -0.39 is 0 Å². The van der Waals surface area contributed by atoms with Crippen LogP contribution in [0.15, 0.2) is 133 Å². The topological polar surface area (TPSA) is 12.9 Å². The van der Waals surface area contributed by atoms with E-state index in [9.17, 15) is 0 Å². The molecule has 0 amide bonds. The number of hydrogen-bond acceptors (Lipinski definition) is 1. The van der Waals surface area contributed by atoms with Crippen molar-refractivity contribution in [3.8, 4) is 0 Å². The molecule has 0 aliphatic heterocycles. The summed E-state index contributed by atoms with van der Waals surface area (Å²) in [5.74, 6) is 1.45. The van der Waals surface area contributed by atoms with Gasteiger partial charge in [0.1, 0.15) is 0 Å². The van der Waals surface area contributed by atoms with Gasteiger partial charge >= 0.3 is 0 Å². The van der Waals surface area contributed by atoms with Crippen LogP contribution in [0.5, 0.6) is 0 Å². The zero-order valence-electron chi connectivity index (χ0n) is 30.2. The summed E-state index contributed by atoms with van der Waals surface area (Å²) in [7, 11) is 0. The summed E-state index contributed by atoms with van der Waals surface area (Å²) < 4.78 is 0. The van der Waals surface area contributed by atoms with Gasteiger partial charge in [0, 0.05) is 18.0 Å². The normalized spacial score (nSPS) is 22.5. The highest BCUT2D eigenvalue weighted by atomic mass is 14.7. The minimum atomic E-state index is 0.341. The molecular weight excluding hydrogens is 627 g/mol. The van der Waals surface area contributed by atoms with Gasteiger partial charge in [-0.25, -0.2) is 0 Å². The molecule has 1 nitrogen and oxygen atoms in total. The van der Waals surface area contributed by atoms with Gasteiger partial charge in [0.05, 0.1) is 5.69 Å². The van der Waals surface area contributed by atoms with Crippen molar-refractivity contribution in [2.75, 3.05) is 0 Å². The Hall–Kier alpha value is -5.01. The second kappa shape index (κ2) is 13.5. The van der Waals surface area contributed by atoms with Crippen molar-refractivity contribution >= 4 is 39.5 Å². The van der Waals surface area contributed by atoms with Crippen molar-refractivity contribution < 1.29 is 0 Å². The number of fused-ring (bicyclic) bond motifs is 4. The SMILES string of the molecule is C1=CC2C(C3=CC=C(c4ccc(C5=c6ccccc6=CCC5)nc4)CC3)=c3ccccc3=C(C3=c4ccccc4=C(C4CCCCC4)CC3)C2C=C1. The quantitative estimate of drug-likeness (QED) is 0.212. The lowest BCUT2D eigenvalue weighted by molar-refractivity contribution is 0.421. The standard InChI is InChI=1S/C51H47N/c1-2-13-35(14-3-1)40-30-31-48(42-19-7-6-18-41(40)42)51-46-22-10-8-20-44(46)50(45-21-9-11-23-47(45)51)37-27-25-34(26-28-37)38-29-32-49(52-33-38)43-24-12-16-36-15-4-5-17-39(36)43/h4-11,15-23,25,27,29,32-33,35,44,46H,1-3,12-14,24,26,28,30-31H2. The Morgan fingerprint density at radius 2 is 1.19 bits per heavy atom. The second-order valence-corrected chi connectivity index (χ2v) is 15.7. The minimum Gasteiger partial charge on any atom is -0.256 e. The molecule has 3 aromatic carbocycles. The van der Waals surface area contributed by atoms with Gasteiger partial charge < -0.3 is 0 Å². The number of nitrogens with zero attached hydrogens (tertiary/aromatic N) is 1. The molecule has 0 N–H and O–H groups in total. The van der Waals surface area contributed by atoms with E-state index in [2.05, 4.69) is 134 Å². The van der Waals surface area contributed by atoms with Crippen LogP contribution in [0.2, 0.25) is 0 Å². The third-order valence-electron chi connectivity index (χ3n) is 13.0. The van der Waals surface area contributed by atoms with Crippen LogP contribution in [0.3, 0.4) is 0 Å². The molecule has 0 spiro atoms. The van der Waals surface area contributed by atoms with Gasteiger partial charge in [-0.05, 0) is 134 Å². The number of hydrogen-bond donors (Lipinski definition) is 0. The first-order valence-corrected chi connectivity index (χ1v) is 20.0. The van der Waals surface area contributed by atoms with E-state index in [1.165, 1.54) is 97.7 Å². The van der Waals surface area contributed by atoms with Crippen LogP contribution >= 0.6 is 0 Å². The Morgan fingerprint density at radius 3 is 1.94 bits per heavy atom. The molecule has 4 aromatic rings. The van der Waals surface area contributed by atoms with E-state index >= 15 is 0 Å². The molecule has 1 heteroatoms. The summed E-state index contributed by atoms with van der Waals surface area (Å²) in [6.07, 6.45) is 32.4. The van der Waals surface area contributed by atoms with Crippen LogP contribution in [0.25, 0.3) is 39.5 Å². The third-order valence-corrected chi connectivity index (χ3v) is 13.0. The lowest BCUT2D eigenvalue weighted by atomic mass is 9.67. The maximum Gasteiger partial charge on any atom is 0.0668 e. The average Bonchev–Trinajstić information content (AvgIpc) is 3.23. The summed E-state index contributed by atoms with van der Waals surface area (Å²) in [5.41, 5.74) is 13.0. The Morgan fingerprint density at radius 1 is 0.519 bits per heavy atom. The molecule has 2 unspecified atom stereocenters. The molecule has 2 atom stereocenters. The van der Waals surface area contributed by atoms with Crippen LogP contribution in [0, 0.1) is 17.8 Å². The molecule has 6 aliphatic rings. The monoisotopic (exact) mass is 673 g/mol. The lowest BCUT2D eigenvalue weighted by Crippen LogP contribution is -2.43. The predicted octanol–water partition coefficient (Wildman–Crippen LogP) is 7.71. The summed E-state index contributed by atoms with van der Waals surface area (Å²) in [5, 5.41) is 8.59. The van der Waals surface area contributed by atoms with Gasteiger partial charge in [-0.3, -0.25) is 4.98 Å². The van der Waals surface area contributed by atoms with Gasteiger partial charge in [-0.2, -0.15) is 0 Å². The molecule has 0 radical (unpaired) electrons. The number of pyridine rings is 1. The molecule has 6 aliphatic carbocycles. The van der Waals surface area contributed by atoms with E-state index in [0.717, 1.165) is 43.7 Å². The van der Waals surface area contributed by atoms with Gasteiger partial charge in [0.15, 0.2) is 0 Å². The Kier molecular flexibility index (Phi) is 8.24. The minimum absolute atomic E-state index is 0.341. The first-order chi connectivity index (χ1) is 25.8. The van der Waals surface area contributed by atoms with Gasteiger partial charge in [-0.15, -0.1) is 0 Å². The summed E-state index contributed by atoms with van der Waals surface area (Å²) in [6, 6.07) is 32.1. The van der Waals surface area contributed by atoms with Gasteiger partial charge in [-0.1, -0.05) is 146 Å². The smallest absolute Gasteiger partial charge is 0.0668 e. The van der Waals surface area contributed by atoms with Crippen LogP contribution in [0.4, 0.5) is 0 Å². The number of aromatic nitrogens is 1. The fraction of sp³-hybridized carbons (Fsp3) is 0.275. The molecule has 10 rings (SSSR count). The van der Waals surface area contributed by atoms with Crippen molar-refractivity contribution in [2.45, 2.75) is 70.6 Å². The number of rotatable bonds is 5. The Labute approximate surface area is 307 Å². The van der Waals surface area contributed by atoms with E-state index in [0.29, 0.717) is 11.8 Å². The summed E-state index contributed by atoms with van der Waals surface area (Å²) >= 11 is 0. The number of benzene rings is 3. The van der Waals surface area contributed by atoms with Crippen LogP contribution in [0.1, 0.15) is 81.9 Å². The molecule has 1 fully saturated rings. The first kappa shape index (κ1) is 31.7. The highest BCUT2D eigenvalue weighted by molar-refractivity contribution is 5.95. The van der Waals surface area contributed by atoms with Crippen molar-refractivity contribution in [1.29, 1.82) is 0 Å². The number of allylic oxidation sites excluding steroid dienone is 8. The largest absolute Gasteiger partial charge is 0.256 e. The van der Waals surface area contributed by atoms with Gasteiger partial charge in [0.25, 0.3) is 0 Å². The maximum absolute atomic E-state index is 5.03. The van der Waals surface area contributed by atoms with E-state index in [1.807, 2.05) is 0 Å². The Bertz CT molecular complexity index is 2600. The fourth-order valence-electron chi connectivity index (χ4n) is 10.5. The molecular formula is C51H47N. The zero-order chi connectivity index (χ0) is 34.4. The highest BCUT2D eigenvalue weighted by Gasteiger charge is 2.34. The van der Waals surface area contributed by atoms with Crippen LogP contribution in [-0.2, 0) is 0 Å². The average molecular weight is 674 g/mol. The molecule has 0 saturated heterocycles. The van der Waals surface area contributed by atoms with E-state index in [-0.39, 0.29) is 0 Å². The maximum atomic E-state index is 5.03. The van der Waals surface area contributed by atoms with Crippen LogP contribution in [-0.4, -0.2) is 4.98 Å². The summed E-state index contributed by atoms with van der Waals surface area (Å²) in [6.45, 7) is 0. The van der Waals surface area contributed by atoms with Crippen LogP contribution < -0.4 is 31.3 Å². The third kappa shape index (κ3) is 5.48. The molecule has 0 bridgehead atoms. The first-order valence-electron chi connectivity index (χ1n) is 20.0. The summed E-state index contributed by atoms with van der Waals surface area (Å²) in [4.78, 5) is 5.03. The Balaban J connectivity index is 1.08. The van der Waals surface area contributed by atoms with Crippen molar-refractivity contribution in [2.24, 2.45) is 17.8 Å². The van der Waals surface area contributed by atoms with Crippen molar-refractivity contribution in [1.82, 2.24) is 4.98 Å². The molecule has 1 heterocycles. The molecule has 256 valence electrons. The lowest BCUT2D eigenvalue weighted by Gasteiger charge is -2.36. The molecule has 52 heavy (non-hydrogen) atoms. The predicted molar refractivity (Wildman–Crippen MR) is 218 cm³/mol. The van der Waals surface area contributed by atoms with E-state index in [1.54, 1.807) is 16.7 Å². The fourth-order valence-corrected chi connectivity index (χ4v) is 10.5. The highest BCUT2D eigenvalue weighted by Crippen LogP contribution is 2.45. The van der Waals surface area contributed by atoms with Gasteiger partial charge in [0.2, 0.25) is 0 Å². The zero-order valence-corrected chi connectivity index (χ0v) is 30.2. The van der Waals surface area contributed by atoms with Crippen molar-refractivity contribution in [3.63, 3.8) is 0 Å². The molecule has 1 saturated carbocycles.